The van der Waals surface area contributed by atoms with Crippen LogP contribution in [0.5, 0.6) is 0 Å². The molecule has 3 heteroatoms. The van der Waals surface area contributed by atoms with Gasteiger partial charge in [-0.15, -0.1) is 0 Å². The van der Waals surface area contributed by atoms with Crippen LogP contribution in [0.1, 0.15) is 36.3 Å². The number of rotatable bonds is 5. The van der Waals surface area contributed by atoms with Gasteiger partial charge >= 0.3 is 0 Å². The molecule has 3 nitrogen and oxygen atoms in total. The lowest BCUT2D eigenvalue weighted by Gasteiger charge is -2.21. The molecule has 2 saturated carbocycles. The normalized spacial score (nSPS) is 26.1. The van der Waals surface area contributed by atoms with E-state index in [1.807, 2.05) is 19.2 Å². The highest BCUT2D eigenvalue weighted by Crippen LogP contribution is 2.49. The number of amides is 1. The lowest BCUT2D eigenvalue weighted by atomic mass is 10.0. The van der Waals surface area contributed by atoms with Gasteiger partial charge in [0.15, 0.2) is 0 Å². The average molecular weight is 273 g/mol. The zero-order chi connectivity index (χ0) is 14.3. The predicted octanol–water partition coefficient (Wildman–Crippen LogP) is 2.33. The van der Waals surface area contributed by atoms with Gasteiger partial charge in [0.05, 0.1) is 6.10 Å². The SMILES string of the molecule is Cc1ccccc1[C@@H]1C[C@@H]1C(=O)N(C)C[C@H](O)C1CC1. The summed E-state index contributed by atoms with van der Waals surface area (Å²) in [6, 6.07) is 8.32. The van der Waals surface area contributed by atoms with Gasteiger partial charge in [0.2, 0.25) is 5.91 Å². The Labute approximate surface area is 120 Å². The fourth-order valence-electron chi connectivity index (χ4n) is 3.10. The molecule has 108 valence electrons. The Balaban J connectivity index is 1.58. The van der Waals surface area contributed by atoms with Gasteiger partial charge in [-0.1, -0.05) is 24.3 Å². The smallest absolute Gasteiger partial charge is 0.226 e. The Kier molecular flexibility index (Phi) is 3.55. The molecule has 2 aliphatic carbocycles. The minimum Gasteiger partial charge on any atom is -0.391 e. The Bertz CT molecular complexity index is 509. The minimum absolute atomic E-state index is 0.118. The number of nitrogens with zero attached hydrogens (tertiary/aromatic N) is 1. The van der Waals surface area contributed by atoms with E-state index in [1.165, 1.54) is 11.1 Å². The van der Waals surface area contributed by atoms with Crippen LogP contribution in [0.4, 0.5) is 0 Å². The van der Waals surface area contributed by atoms with Gasteiger partial charge in [-0.3, -0.25) is 4.79 Å². The summed E-state index contributed by atoms with van der Waals surface area (Å²) in [5.41, 5.74) is 2.58. The second-order valence-corrected chi connectivity index (χ2v) is 6.43. The summed E-state index contributed by atoms with van der Waals surface area (Å²) in [7, 11) is 1.82. The van der Waals surface area contributed by atoms with Gasteiger partial charge in [0, 0.05) is 19.5 Å². The fourth-order valence-corrected chi connectivity index (χ4v) is 3.10. The van der Waals surface area contributed by atoms with Gasteiger partial charge in [0.25, 0.3) is 0 Å². The molecule has 0 aromatic heterocycles. The topological polar surface area (TPSA) is 40.5 Å². The molecule has 1 aromatic rings. The molecule has 0 saturated heterocycles. The standard InChI is InChI=1S/C17H23NO2/c1-11-5-3-4-6-13(11)14-9-15(14)17(20)18(2)10-16(19)12-7-8-12/h3-6,12,14-16,19H,7-10H2,1-2H3/t14-,15-,16-/m0/s1. The molecule has 0 unspecified atom stereocenters. The van der Waals surface area contributed by atoms with E-state index in [4.69, 9.17) is 0 Å². The molecule has 0 radical (unpaired) electrons. The van der Waals surface area contributed by atoms with Crippen LogP contribution in [0.3, 0.4) is 0 Å². The van der Waals surface area contributed by atoms with Crippen LogP contribution in [0.2, 0.25) is 0 Å². The van der Waals surface area contributed by atoms with E-state index in [2.05, 4.69) is 19.1 Å². The molecule has 0 bridgehead atoms. The van der Waals surface area contributed by atoms with Crippen LogP contribution in [0, 0.1) is 18.8 Å². The first-order chi connectivity index (χ1) is 9.58. The summed E-state index contributed by atoms with van der Waals surface area (Å²) >= 11 is 0. The summed E-state index contributed by atoms with van der Waals surface area (Å²) in [5.74, 6) is 1.12. The second kappa shape index (κ2) is 5.21. The largest absolute Gasteiger partial charge is 0.391 e. The van der Waals surface area contributed by atoms with Crippen molar-refractivity contribution in [2.75, 3.05) is 13.6 Å². The molecule has 0 aliphatic heterocycles. The maximum absolute atomic E-state index is 12.4. The van der Waals surface area contributed by atoms with Crippen LogP contribution in [-0.4, -0.2) is 35.6 Å². The zero-order valence-corrected chi connectivity index (χ0v) is 12.2. The molecular formula is C17H23NO2. The third-order valence-corrected chi connectivity index (χ3v) is 4.70. The molecule has 0 heterocycles. The van der Waals surface area contributed by atoms with Crippen molar-refractivity contribution in [3.8, 4) is 0 Å². The lowest BCUT2D eigenvalue weighted by Crippen LogP contribution is -2.36. The highest BCUT2D eigenvalue weighted by molar-refractivity contribution is 5.83. The van der Waals surface area contributed by atoms with Gasteiger partial charge < -0.3 is 10.0 Å². The monoisotopic (exact) mass is 273 g/mol. The first-order valence-corrected chi connectivity index (χ1v) is 7.56. The Morgan fingerprint density at radius 2 is 2.10 bits per heavy atom. The Morgan fingerprint density at radius 3 is 2.75 bits per heavy atom. The summed E-state index contributed by atoms with van der Waals surface area (Å²) in [6.45, 7) is 2.59. The molecule has 1 amide bonds. The average Bonchev–Trinajstić information content (AvgIpc) is 3.29. The number of hydrogen-bond acceptors (Lipinski definition) is 2. The highest BCUT2D eigenvalue weighted by Gasteiger charge is 2.46. The quantitative estimate of drug-likeness (QED) is 0.894. The molecule has 2 aliphatic rings. The summed E-state index contributed by atoms with van der Waals surface area (Å²) in [6.07, 6.45) is 2.84. The molecule has 20 heavy (non-hydrogen) atoms. The molecule has 3 rings (SSSR count). The molecule has 1 N–H and O–H groups in total. The van der Waals surface area contributed by atoms with E-state index in [9.17, 15) is 9.90 Å². The van der Waals surface area contributed by atoms with Crippen LogP contribution < -0.4 is 0 Å². The molecule has 0 spiro atoms. The number of aliphatic hydroxyl groups is 1. The number of likely N-dealkylation sites (N-methyl/N-ethyl adjacent to an activating group) is 1. The molecule has 3 atom stereocenters. The van der Waals surface area contributed by atoms with Crippen molar-refractivity contribution in [2.45, 2.75) is 38.2 Å². The number of aliphatic hydroxyl groups excluding tert-OH is 1. The molecule has 2 fully saturated rings. The van der Waals surface area contributed by atoms with Gasteiger partial charge in [-0.05, 0) is 49.1 Å². The maximum atomic E-state index is 12.4. The van der Waals surface area contributed by atoms with Crippen molar-refractivity contribution < 1.29 is 9.90 Å². The third kappa shape index (κ3) is 2.73. The van der Waals surface area contributed by atoms with Crippen molar-refractivity contribution in [3.05, 3.63) is 35.4 Å². The maximum Gasteiger partial charge on any atom is 0.226 e. The Morgan fingerprint density at radius 1 is 1.40 bits per heavy atom. The van der Waals surface area contributed by atoms with Crippen LogP contribution in [0.25, 0.3) is 0 Å². The number of benzene rings is 1. The van der Waals surface area contributed by atoms with Crippen LogP contribution in [0.15, 0.2) is 24.3 Å². The number of carbonyl (C=O) groups excluding carboxylic acids is 1. The Hall–Kier alpha value is -1.35. The van der Waals surface area contributed by atoms with Gasteiger partial charge in [-0.2, -0.15) is 0 Å². The van der Waals surface area contributed by atoms with Crippen molar-refractivity contribution >= 4 is 5.91 Å². The summed E-state index contributed by atoms with van der Waals surface area (Å²) in [5, 5.41) is 9.94. The first-order valence-electron chi connectivity index (χ1n) is 7.56. The second-order valence-electron chi connectivity index (χ2n) is 6.43. The van der Waals surface area contributed by atoms with E-state index in [0.717, 1.165) is 19.3 Å². The lowest BCUT2D eigenvalue weighted by molar-refractivity contribution is -0.132. The van der Waals surface area contributed by atoms with Crippen LogP contribution >= 0.6 is 0 Å². The zero-order valence-electron chi connectivity index (χ0n) is 12.2. The van der Waals surface area contributed by atoms with Crippen molar-refractivity contribution in [1.29, 1.82) is 0 Å². The van der Waals surface area contributed by atoms with E-state index >= 15 is 0 Å². The number of carbonyl (C=O) groups is 1. The van der Waals surface area contributed by atoms with Gasteiger partial charge in [-0.25, -0.2) is 0 Å². The predicted molar refractivity (Wildman–Crippen MR) is 78.4 cm³/mol. The summed E-state index contributed by atoms with van der Waals surface area (Å²) in [4.78, 5) is 14.1. The third-order valence-electron chi connectivity index (χ3n) is 4.70. The molecular weight excluding hydrogens is 250 g/mol. The van der Waals surface area contributed by atoms with Crippen molar-refractivity contribution in [2.24, 2.45) is 11.8 Å². The molecule has 1 aromatic carbocycles. The van der Waals surface area contributed by atoms with Crippen molar-refractivity contribution in [1.82, 2.24) is 4.90 Å². The number of hydrogen-bond donors (Lipinski definition) is 1. The van der Waals surface area contributed by atoms with Gasteiger partial charge in [0.1, 0.15) is 0 Å². The summed E-state index contributed by atoms with van der Waals surface area (Å²) < 4.78 is 0. The van der Waals surface area contributed by atoms with E-state index in [0.29, 0.717) is 18.4 Å². The highest BCUT2D eigenvalue weighted by atomic mass is 16.3. The van der Waals surface area contributed by atoms with E-state index < -0.39 is 0 Å². The fraction of sp³-hybridized carbons (Fsp3) is 0.588. The minimum atomic E-state index is -0.334. The van der Waals surface area contributed by atoms with Crippen molar-refractivity contribution in [3.63, 3.8) is 0 Å². The first kappa shape index (κ1) is 13.6. The number of aryl methyl sites for hydroxylation is 1. The van der Waals surface area contributed by atoms with Crippen LogP contribution in [-0.2, 0) is 4.79 Å². The van der Waals surface area contributed by atoms with E-state index in [1.54, 1.807) is 4.90 Å². The van der Waals surface area contributed by atoms with E-state index in [-0.39, 0.29) is 17.9 Å².